The van der Waals surface area contributed by atoms with Crippen LogP contribution in [-0.2, 0) is 29.0 Å². The Balaban J connectivity index is 2.15. The molecule has 4 N–H and O–H groups in total. The van der Waals surface area contributed by atoms with Gasteiger partial charge >= 0.3 is 18.2 Å². The van der Waals surface area contributed by atoms with Gasteiger partial charge in [0, 0.05) is 11.4 Å². The third kappa shape index (κ3) is 14.2. The van der Waals surface area contributed by atoms with Gasteiger partial charge in [-0.1, -0.05) is 24.3 Å². The van der Waals surface area contributed by atoms with E-state index in [0.717, 1.165) is 16.2 Å². The largest absolute Gasteiger partial charge is 0.459 e. The first-order valence-electron chi connectivity index (χ1n) is 14.9. The summed E-state index contributed by atoms with van der Waals surface area (Å²) in [5.74, 6) is -1.99. The van der Waals surface area contributed by atoms with Crippen LogP contribution in [-0.4, -0.2) is 79.3 Å². The molecule has 48 heavy (non-hydrogen) atoms. The highest BCUT2D eigenvalue weighted by Gasteiger charge is 2.31. The van der Waals surface area contributed by atoms with Crippen LogP contribution in [0.2, 0.25) is 0 Å². The molecule has 1 aromatic heterocycles. The van der Waals surface area contributed by atoms with Crippen molar-refractivity contribution in [1.29, 1.82) is 5.41 Å². The Labute approximate surface area is 285 Å². The van der Waals surface area contributed by atoms with Crippen LogP contribution in [0.15, 0.2) is 53.4 Å². The molecule has 0 bridgehead atoms. The quantitative estimate of drug-likeness (QED) is 0.115. The molecule has 0 aliphatic carbocycles. The van der Waals surface area contributed by atoms with Gasteiger partial charge in [-0.05, 0) is 92.7 Å². The van der Waals surface area contributed by atoms with E-state index in [1.807, 2.05) is 0 Å². The zero-order valence-electron chi connectivity index (χ0n) is 28.6. The highest BCUT2D eigenvalue weighted by molar-refractivity contribution is 7.89. The topological polar surface area (TPSA) is 193 Å². The van der Waals surface area contributed by atoms with Gasteiger partial charge in [0.1, 0.15) is 22.8 Å². The minimum absolute atomic E-state index is 0.0550. The highest BCUT2D eigenvalue weighted by atomic mass is 32.2. The molecule has 0 radical (unpaired) electrons. The Morgan fingerprint density at radius 3 is 2.02 bits per heavy atom. The monoisotopic (exact) mass is 707 g/mol. The number of esters is 1. The van der Waals surface area contributed by atoms with Gasteiger partial charge < -0.3 is 19.5 Å². The SMILES string of the molecule is CC(C)(C)OC(=O)NC(=N)N(CC=Cc1ccc(C(=O)NC[C@H](NS(=O)(=O)c2ccccc2)C(=O)OC(C)(C)C)s1)C(=O)OC(C)(C)C. The lowest BCUT2D eigenvalue weighted by Crippen LogP contribution is -2.50. The number of nitrogens with zero attached hydrogens (tertiary/aromatic N) is 1. The molecule has 0 fully saturated rings. The van der Waals surface area contributed by atoms with Crippen molar-refractivity contribution in [2.75, 3.05) is 13.1 Å². The van der Waals surface area contributed by atoms with Gasteiger partial charge in [0.25, 0.3) is 5.91 Å². The van der Waals surface area contributed by atoms with Gasteiger partial charge in [0.15, 0.2) is 0 Å². The van der Waals surface area contributed by atoms with Crippen LogP contribution in [0, 0.1) is 5.41 Å². The molecular formula is C32H45N5O9S2. The molecule has 1 aromatic carbocycles. The standard InChI is InChI=1S/C32H45N5O9S2/c1-30(2,3)44-26(39)23(36-48(42,43)22-15-11-10-12-16-22)20-34-25(38)24-18-17-21(47-24)14-13-19-37(29(41)46-32(7,8)9)27(33)35-28(40)45-31(4,5)6/h10-18,23,36H,19-20H2,1-9H3,(H,34,38)(H2,33,35,40)/t23-/m0/s1. The summed E-state index contributed by atoms with van der Waals surface area (Å²) in [6, 6.07) is 9.25. The second-order valence-corrected chi connectivity index (χ2v) is 16.2. The average Bonchev–Trinajstić information content (AvgIpc) is 3.39. The summed E-state index contributed by atoms with van der Waals surface area (Å²) in [5, 5.41) is 13.1. The number of amides is 3. The van der Waals surface area contributed by atoms with Gasteiger partial charge in [0.05, 0.1) is 16.3 Å². The lowest BCUT2D eigenvalue weighted by Gasteiger charge is -2.27. The number of sulfonamides is 1. The second-order valence-electron chi connectivity index (χ2n) is 13.4. The molecule has 16 heteroatoms. The molecule has 2 aromatic rings. The Kier molecular flexibility index (Phi) is 13.5. The van der Waals surface area contributed by atoms with E-state index < -0.39 is 62.9 Å². The smallest absolute Gasteiger partial charge is 0.417 e. The number of nitrogens with one attached hydrogen (secondary N) is 4. The summed E-state index contributed by atoms with van der Waals surface area (Å²) in [5.41, 5.74) is -2.60. The molecule has 0 aliphatic heterocycles. The minimum Gasteiger partial charge on any atom is -0.459 e. The fourth-order valence-corrected chi connectivity index (χ4v) is 5.62. The number of hydrogen-bond acceptors (Lipinski definition) is 11. The lowest BCUT2D eigenvalue weighted by molar-refractivity contribution is -0.156. The van der Waals surface area contributed by atoms with Crippen molar-refractivity contribution in [3.63, 3.8) is 0 Å². The van der Waals surface area contributed by atoms with E-state index in [0.29, 0.717) is 4.88 Å². The van der Waals surface area contributed by atoms with E-state index in [4.69, 9.17) is 19.6 Å². The number of carbonyl (C=O) groups is 4. The Morgan fingerprint density at radius 2 is 1.46 bits per heavy atom. The van der Waals surface area contributed by atoms with Crippen molar-refractivity contribution in [2.45, 2.75) is 90.1 Å². The van der Waals surface area contributed by atoms with Crippen LogP contribution < -0.4 is 15.4 Å². The zero-order chi connectivity index (χ0) is 36.5. The number of rotatable bonds is 10. The maximum absolute atomic E-state index is 13.0. The Hall–Kier alpha value is -4.28. The normalized spacial score (nSPS) is 12.9. The van der Waals surface area contributed by atoms with Gasteiger partial charge in [-0.2, -0.15) is 4.72 Å². The fourth-order valence-electron chi connectivity index (χ4n) is 3.56. The van der Waals surface area contributed by atoms with E-state index in [1.54, 1.807) is 98.7 Å². The van der Waals surface area contributed by atoms with Crippen LogP contribution in [0.25, 0.3) is 6.08 Å². The fraction of sp³-hybridized carbons (Fsp3) is 0.469. The van der Waals surface area contributed by atoms with Gasteiger partial charge in [0.2, 0.25) is 16.0 Å². The molecule has 0 unspecified atom stereocenters. The Morgan fingerprint density at radius 1 is 0.875 bits per heavy atom. The maximum Gasteiger partial charge on any atom is 0.417 e. The number of hydrogen-bond donors (Lipinski definition) is 4. The van der Waals surface area contributed by atoms with Crippen molar-refractivity contribution < 1.29 is 41.8 Å². The molecule has 0 saturated heterocycles. The molecule has 0 saturated carbocycles. The number of carbonyl (C=O) groups excluding carboxylic acids is 4. The van der Waals surface area contributed by atoms with E-state index in [2.05, 4.69) is 15.4 Å². The van der Waals surface area contributed by atoms with Crippen molar-refractivity contribution in [1.82, 2.24) is 20.3 Å². The van der Waals surface area contributed by atoms with Crippen molar-refractivity contribution in [2.24, 2.45) is 0 Å². The number of ether oxygens (including phenoxy) is 3. The molecule has 14 nitrogen and oxygen atoms in total. The molecular weight excluding hydrogens is 663 g/mol. The predicted molar refractivity (Wildman–Crippen MR) is 182 cm³/mol. The van der Waals surface area contributed by atoms with E-state index in [-0.39, 0.29) is 22.9 Å². The van der Waals surface area contributed by atoms with Crippen LogP contribution in [0.3, 0.4) is 0 Å². The zero-order valence-corrected chi connectivity index (χ0v) is 30.3. The molecule has 2 rings (SSSR count). The predicted octanol–water partition coefficient (Wildman–Crippen LogP) is 4.88. The molecule has 264 valence electrons. The third-order valence-electron chi connectivity index (χ3n) is 5.43. The summed E-state index contributed by atoms with van der Waals surface area (Å²) < 4.78 is 44.1. The van der Waals surface area contributed by atoms with Gasteiger partial charge in [-0.3, -0.25) is 20.3 Å². The lowest BCUT2D eigenvalue weighted by atomic mass is 10.2. The minimum atomic E-state index is -4.11. The van der Waals surface area contributed by atoms with Crippen LogP contribution >= 0.6 is 11.3 Å². The number of alkyl carbamates (subject to hydrolysis) is 1. The van der Waals surface area contributed by atoms with Gasteiger partial charge in [-0.15, -0.1) is 11.3 Å². The molecule has 0 spiro atoms. The van der Waals surface area contributed by atoms with Crippen molar-refractivity contribution in [3.05, 3.63) is 58.3 Å². The first-order valence-corrected chi connectivity index (χ1v) is 17.2. The van der Waals surface area contributed by atoms with Crippen LogP contribution in [0.5, 0.6) is 0 Å². The van der Waals surface area contributed by atoms with Crippen molar-refractivity contribution in [3.8, 4) is 0 Å². The van der Waals surface area contributed by atoms with E-state index >= 15 is 0 Å². The van der Waals surface area contributed by atoms with Crippen molar-refractivity contribution >= 4 is 57.5 Å². The molecule has 3 amide bonds. The highest BCUT2D eigenvalue weighted by Crippen LogP contribution is 2.19. The number of thiophene rings is 1. The molecule has 0 aliphatic rings. The third-order valence-corrected chi connectivity index (χ3v) is 7.97. The summed E-state index contributed by atoms with van der Waals surface area (Å²) in [6.07, 6.45) is 1.36. The number of benzene rings is 1. The summed E-state index contributed by atoms with van der Waals surface area (Å²) >= 11 is 1.08. The first kappa shape index (κ1) is 39.9. The Bertz CT molecular complexity index is 1600. The summed E-state index contributed by atoms with van der Waals surface area (Å²) in [6.45, 7) is 14.3. The first-order chi connectivity index (χ1) is 22.0. The molecule has 1 heterocycles. The average molecular weight is 708 g/mol. The van der Waals surface area contributed by atoms with Crippen LogP contribution in [0.1, 0.15) is 76.9 Å². The van der Waals surface area contributed by atoms with E-state index in [9.17, 15) is 27.6 Å². The molecule has 1 atom stereocenters. The van der Waals surface area contributed by atoms with Crippen LogP contribution in [0.4, 0.5) is 9.59 Å². The van der Waals surface area contributed by atoms with E-state index in [1.165, 1.54) is 18.2 Å². The summed E-state index contributed by atoms with van der Waals surface area (Å²) in [7, 11) is -4.11. The number of guanidine groups is 1. The second kappa shape index (κ2) is 16.2. The van der Waals surface area contributed by atoms with Gasteiger partial charge in [-0.25, -0.2) is 22.9 Å². The summed E-state index contributed by atoms with van der Waals surface area (Å²) in [4.78, 5) is 52.6. The maximum atomic E-state index is 13.0.